The maximum atomic E-state index is 12.3. The van der Waals surface area contributed by atoms with Crippen LogP contribution in [0.3, 0.4) is 0 Å². The highest BCUT2D eigenvalue weighted by atomic mass is 16.5. The lowest BCUT2D eigenvalue weighted by molar-refractivity contribution is -0.123. The lowest BCUT2D eigenvalue weighted by Crippen LogP contribution is -2.30. The van der Waals surface area contributed by atoms with Crippen molar-refractivity contribution in [3.05, 3.63) is 58.7 Å². The third-order valence-corrected chi connectivity index (χ3v) is 4.56. The van der Waals surface area contributed by atoms with Gasteiger partial charge >= 0.3 is 5.97 Å². The van der Waals surface area contributed by atoms with E-state index in [1.54, 1.807) is 19.1 Å². The highest BCUT2D eigenvalue weighted by molar-refractivity contribution is 5.99. The van der Waals surface area contributed by atoms with Gasteiger partial charge < -0.3 is 15.8 Å². The molecule has 0 fully saturated rings. The summed E-state index contributed by atoms with van der Waals surface area (Å²) in [5, 5.41) is 2.81. The van der Waals surface area contributed by atoms with Gasteiger partial charge in [-0.05, 0) is 68.0 Å². The van der Waals surface area contributed by atoms with Crippen LogP contribution in [0.2, 0.25) is 0 Å². The van der Waals surface area contributed by atoms with Gasteiger partial charge in [0.15, 0.2) is 6.10 Å². The first-order valence-electron chi connectivity index (χ1n) is 8.44. The van der Waals surface area contributed by atoms with Crippen LogP contribution in [0.15, 0.2) is 36.4 Å². The Bertz CT molecular complexity index is 830. The van der Waals surface area contributed by atoms with Crippen LogP contribution >= 0.6 is 0 Å². The Kier molecular flexibility index (Phi) is 4.74. The number of fused-ring (bicyclic) bond motifs is 1. The monoisotopic (exact) mass is 338 g/mol. The Balaban J connectivity index is 1.64. The van der Waals surface area contributed by atoms with E-state index < -0.39 is 12.1 Å². The van der Waals surface area contributed by atoms with Crippen molar-refractivity contribution in [2.45, 2.75) is 39.2 Å². The van der Waals surface area contributed by atoms with Crippen LogP contribution in [0, 0.1) is 6.92 Å². The normalized spacial score (nSPS) is 13.8. The fourth-order valence-electron chi connectivity index (χ4n) is 3.03. The molecule has 0 unspecified atom stereocenters. The van der Waals surface area contributed by atoms with Crippen molar-refractivity contribution in [2.24, 2.45) is 0 Å². The highest BCUT2D eigenvalue weighted by Crippen LogP contribution is 2.25. The third-order valence-electron chi connectivity index (χ3n) is 4.56. The van der Waals surface area contributed by atoms with E-state index in [1.807, 2.05) is 31.2 Å². The van der Waals surface area contributed by atoms with Gasteiger partial charge in [-0.1, -0.05) is 18.2 Å². The number of nitrogens with two attached hydrogens (primary N) is 1. The van der Waals surface area contributed by atoms with E-state index in [1.165, 1.54) is 11.1 Å². The summed E-state index contributed by atoms with van der Waals surface area (Å²) in [5.74, 6) is -0.963. The number of benzene rings is 2. The number of hydrogen-bond donors (Lipinski definition) is 2. The number of para-hydroxylation sites is 1. The number of carbonyl (C=O) groups is 2. The number of nitrogen functional groups attached to an aromatic ring is 1. The maximum absolute atomic E-state index is 12.3. The Hall–Kier alpha value is -2.82. The molecule has 25 heavy (non-hydrogen) atoms. The number of anilines is 2. The third kappa shape index (κ3) is 3.65. The summed E-state index contributed by atoms with van der Waals surface area (Å²) in [6.07, 6.45) is 2.37. The SMILES string of the molecule is Cc1cccc(C(=O)O[C@H](C)C(=O)Nc2ccc3c(c2)CCC3)c1N. The van der Waals surface area contributed by atoms with E-state index in [0.717, 1.165) is 30.5 Å². The first-order valence-corrected chi connectivity index (χ1v) is 8.44. The van der Waals surface area contributed by atoms with Gasteiger partial charge in [0.1, 0.15) is 0 Å². The molecule has 0 saturated heterocycles. The lowest BCUT2D eigenvalue weighted by atomic mass is 10.1. The fourth-order valence-corrected chi connectivity index (χ4v) is 3.03. The van der Waals surface area contributed by atoms with Gasteiger partial charge in [0.2, 0.25) is 0 Å². The molecule has 0 bridgehead atoms. The van der Waals surface area contributed by atoms with Crippen LogP contribution in [0.4, 0.5) is 11.4 Å². The minimum absolute atomic E-state index is 0.275. The number of rotatable bonds is 4. The molecule has 1 aliphatic carbocycles. The Morgan fingerprint density at radius 1 is 1.16 bits per heavy atom. The van der Waals surface area contributed by atoms with Gasteiger partial charge in [0.05, 0.1) is 5.56 Å². The van der Waals surface area contributed by atoms with Crippen molar-refractivity contribution >= 4 is 23.3 Å². The Labute approximate surface area is 147 Å². The predicted molar refractivity (Wildman–Crippen MR) is 97.6 cm³/mol. The van der Waals surface area contributed by atoms with Gasteiger partial charge in [-0.3, -0.25) is 4.79 Å². The topological polar surface area (TPSA) is 81.4 Å². The molecule has 2 aromatic rings. The highest BCUT2D eigenvalue weighted by Gasteiger charge is 2.21. The van der Waals surface area contributed by atoms with Gasteiger partial charge in [0.25, 0.3) is 5.91 Å². The predicted octanol–water partition coefficient (Wildman–Crippen LogP) is 3.25. The number of ether oxygens (including phenoxy) is 1. The van der Waals surface area contributed by atoms with Crippen molar-refractivity contribution in [2.75, 3.05) is 11.1 Å². The number of nitrogens with one attached hydrogen (secondary N) is 1. The number of hydrogen-bond acceptors (Lipinski definition) is 4. The first-order chi connectivity index (χ1) is 12.0. The molecule has 5 nitrogen and oxygen atoms in total. The summed E-state index contributed by atoms with van der Waals surface area (Å²) in [7, 11) is 0. The lowest BCUT2D eigenvalue weighted by Gasteiger charge is -2.15. The number of carbonyl (C=O) groups excluding carboxylic acids is 2. The van der Waals surface area contributed by atoms with Gasteiger partial charge in [-0.15, -0.1) is 0 Å². The molecule has 3 N–H and O–H groups in total. The fraction of sp³-hybridized carbons (Fsp3) is 0.300. The van der Waals surface area contributed by atoms with E-state index in [4.69, 9.17) is 10.5 Å². The smallest absolute Gasteiger partial charge is 0.341 e. The van der Waals surface area contributed by atoms with E-state index in [2.05, 4.69) is 5.32 Å². The molecule has 0 aromatic heterocycles. The van der Waals surface area contributed by atoms with Gasteiger partial charge in [-0.25, -0.2) is 4.79 Å². The van der Waals surface area contributed by atoms with E-state index in [9.17, 15) is 9.59 Å². The maximum Gasteiger partial charge on any atom is 0.341 e. The zero-order valence-corrected chi connectivity index (χ0v) is 14.5. The van der Waals surface area contributed by atoms with Crippen LogP contribution in [-0.4, -0.2) is 18.0 Å². The number of amides is 1. The van der Waals surface area contributed by atoms with Gasteiger partial charge in [0, 0.05) is 11.4 Å². The molecule has 1 amide bonds. The zero-order valence-electron chi connectivity index (χ0n) is 14.5. The number of esters is 1. The van der Waals surface area contributed by atoms with E-state index in [0.29, 0.717) is 5.69 Å². The Morgan fingerprint density at radius 2 is 1.92 bits per heavy atom. The molecule has 0 heterocycles. The van der Waals surface area contributed by atoms with Crippen LogP contribution in [0.1, 0.15) is 40.4 Å². The second kappa shape index (κ2) is 6.97. The molecule has 0 radical (unpaired) electrons. The molecule has 0 spiro atoms. The van der Waals surface area contributed by atoms with Crippen LogP contribution < -0.4 is 11.1 Å². The molecule has 2 aromatic carbocycles. The summed E-state index contributed by atoms with van der Waals surface area (Å²) in [6, 6.07) is 11.1. The van der Waals surface area contributed by atoms with Crippen LogP contribution in [0.5, 0.6) is 0 Å². The molecule has 1 atom stereocenters. The molecule has 0 saturated carbocycles. The molecule has 3 rings (SSSR count). The molecule has 130 valence electrons. The molecular formula is C20H22N2O3. The number of aryl methyl sites for hydroxylation is 3. The quantitative estimate of drug-likeness (QED) is 0.662. The summed E-state index contributed by atoms with van der Waals surface area (Å²) in [4.78, 5) is 24.6. The summed E-state index contributed by atoms with van der Waals surface area (Å²) in [6.45, 7) is 3.36. The average Bonchev–Trinajstić information content (AvgIpc) is 3.04. The van der Waals surface area contributed by atoms with Crippen LogP contribution in [-0.2, 0) is 22.4 Å². The second-order valence-electron chi connectivity index (χ2n) is 6.41. The summed E-state index contributed by atoms with van der Waals surface area (Å²) in [5.41, 5.74) is 10.7. The Morgan fingerprint density at radius 3 is 2.72 bits per heavy atom. The van der Waals surface area contributed by atoms with Gasteiger partial charge in [-0.2, -0.15) is 0 Å². The van der Waals surface area contributed by atoms with Crippen molar-refractivity contribution in [3.8, 4) is 0 Å². The standard InChI is InChI=1S/C20H22N2O3/c1-12-5-3-8-17(18(12)21)20(24)25-13(2)19(23)22-16-10-9-14-6-4-7-15(14)11-16/h3,5,8-11,13H,4,6-7,21H2,1-2H3,(H,22,23)/t13-/m1/s1. The molecule has 0 aliphatic heterocycles. The van der Waals surface area contributed by atoms with Crippen molar-refractivity contribution < 1.29 is 14.3 Å². The van der Waals surface area contributed by atoms with Crippen molar-refractivity contribution in [1.82, 2.24) is 0 Å². The summed E-state index contributed by atoms with van der Waals surface area (Å²) < 4.78 is 5.27. The average molecular weight is 338 g/mol. The van der Waals surface area contributed by atoms with E-state index in [-0.39, 0.29) is 11.5 Å². The minimum Gasteiger partial charge on any atom is -0.449 e. The second-order valence-corrected chi connectivity index (χ2v) is 6.41. The van der Waals surface area contributed by atoms with Crippen molar-refractivity contribution in [1.29, 1.82) is 0 Å². The minimum atomic E-state index is -0.916. The zero-order chi connectivity index (χ0) is 18.0. The first kappa shape index (κ1) is 17.0. The molecular weight excluding hydrogens is 316 g/mol. The molecule has 1 aliphatic rings. The van der Waals surface area contributed by atoms with E-state index >= 15 is 0 Å². The molecule has 5 heteroatoms. The summed E-state index contributed by atoms with van der Waals surface area (Å²) >= 11 is 0. The van der Waals surface area contributed by atoms with Crippen molar-refractivity contribution in [3.63, 3.8) is 0 Å². The van der Waals surface area contributed by atoms with Crippen LogP contribution in [0.25, 0.3) is 0 Å². The largest absolute Gasteiger partial charge is 0.449 e.